The summed E-state index contributed by atoms with van der Waals surface area (Å²) in [6.07, 6.45) is 4.00. The van der Waals surface area contributed by atoms with Gasteiger partial charge >= 0.3 is 0 Å². The zero-order valence-electron chi connectivity index (χ0n) is 16.0. The van der Waals surface area contributed by atoms with Crippen molar-refractivity contribution in [2.24, 2.45) is 11.8 Å². The molecule has 0 radical (unpaired) electrons. The lowest BCUT2D eigenvalue weighted by Crippen LogP contribution is -2.39. The van der Waals surface area contributed by atoms with Crippen molar-refractivity contribution in [2.45, 2.75) is 51.5 Å². The summed E-state index contributed by atoms with van der Waals surface area (Å²) in [4.78, 5) is 26.2. The van der Waals surface area contributed by atoms with Gasteiger partial charge in [0.05, 0.1) is 11.1 Å². The molecule has 0 aliphatic heterocycles. The predicted octanol–water partition coefficient (Wildman–Crippen LogP) is 4.47. The van der Waals surface area contributed by atoms with E-state index in [0.29, 0.717) is 6.42 Å². The predicted molar refractivity (Wildman–Crippen MR) is 101 cm³/mol. The lowest BCUT2D eigenvalue weighted by atomic mass is 9.89. The summed E-state index contributed by atoms with van der Waals surface area (Å²) >= 11 is 5.86. The maximum absolute atomic E-state index is 14.6. The van der Waals surface area contributed by atoms with E-state index < -0.39 is 23.6 Å². The maximum Gasteiger partial charge on any atom is 0.224 e. The largest absolute Gasteiger partial charge is 0.349 e. The molecule has 2 rings (SSSR count). The molecule has 0 aromatic heterocycles. The lowest BCUT2D eigenvalue weighted by Gasteiger charge is -2.28. The van der Waals surface area contributed by atoms with Gasteiger partial charge in [-0.1, -0.05) is 31.4 Å². The van der Waals surface area contributed by atoms with Gasteiger partial charge in [-0.25, -0.2) is 8.78 Å². The van der Waals surface area contributed by atoms with Crippen LogP contribution in [0.4, 0.5) is 8.78 Å². The van der Waals surface area contributed by atoms with Crippen LogP contribution in [0.2, 0.25) is 5.02 Å². The summed E-state index contributed by atoms with van der Waals surface area (Å²) in [5, 5.41) is 2.66. The van der Waals surface area contributed by atoms with Gasteiger partial charge in [0.1, 0.15) is 11.6 Å². The summed E-state index contributed by atoms with van der Waals surface area (Å²) in [6.45, 7) is 1.82. The summed E-state index contributed by atoms with van der Waals surface area (Å²) < 4.78 is 29.1. The van der Waals surface area contributed by atoms with E-state index in [1.54, 1.807) is 14.1 Å². The van der Waals surface area contributed by atoms with Crippen molar-refractivity contribution in [1.29, 1.82) is 0 Å². The number of hydrogen-bond donors (Lipinski definition) is 1. The topological polar surface area (TPSA) is 49.4 Å². The van der Waals surface area contributed by atoms with E-state index in [4.69, 9.17) is 11.6 Å². The normalized spacial score (nSPS) is 16.8. The third-order valence-electron chi connectivity index (χ3n) is 5.34. The minimum Gasteiger partial charge on any atom is -0.349 e. The van der Waals surface area contributed by atoms with Gasteiger partial charge in [0.25, 0.3) is 0 Å². The smallest absolute Gasteiger partial charge is 0.224 e. The Kier molecular flexibility index (Phi) is 7.59. The summed E-state index contributed by atoms with van der Waals surface area (Å²) in [7, 11) is 3.26. The quantitative estimate of drug-likeness (QED) is 0.686. The van der Waals surface area contributed by atoms with E-state index in [2.05, 4.69) is 5.32 Å². The number of hydrogen-bond acceptors (Lipinski definition) is 2. The van der Waals surface area contributed by atoms with E-state index in [1.165, 1.54) is 11.0 Å². The molecule has 1 saturated carbocycles. The van der Waals surface area contributed by atoms with Crippen LogP contribution in [0.25, 0.3) is 0 Å². The van der Waals surface area contributed by atoms with Gasteiger partial charge < -0.3 is 10.2 Å². The Morgan fingerprint density at radius 3 is 2.44 bits per heavy atom. The molecule has 0 spiro atoms. The number of carbonyl (C=O) groups is 2. The number of benzene rings is 1. The Labute approximate surface area is 164 Å². The van der Waals surface area contributed by atoms with E-state index in [9.17, 15) is 18.4 Å². The summed E-state index contributed by atoms with van der Waals surface area (Å²) in [5.41, 5.74) is -0.184. The minimum absolute atomic E-state index is 0.0570. The molecule has 2 amide bonds. The van der Waals surface area contributed by atoms with Crippen LogP contribution in [0.3, 0.4) is 0 Å². The fraction of sp³-hybridized carbons (Fsp3) is 0.600. The molecule has 1 aromatic rings. The number of nitrogens with zero attached hydrogens (tertiary/aromatic N) is 1. The molecular weight excluding hydrogens is 374 g/mol. The second-order valence-corrected chi connectivity index (χ2v) is 7.79. The van der Waals surface area contributed by atoms with Crippen LogP contribution in [-0.4, -0.2) is 30.8 Å². The van der Waals surface area contributed by atoms with Gasteiger partial charge in [-0.3, -0.25) is 9.59 Å². The zero-order valence-corrected chi connectivity index (χ0v) is 16.8. The van der Waals surface area contributed by atoms with Crippen LogP contribution >= 0.6 is 11.6 Å². The molecule has 27 heavy (non-hydrogen) atoms. The van der Waals surface area contributed by atoms with Crippen LogP contribution in [0.1, 0.15) is 57.1 Å². The Balaban J connectivity index is 2.29. The molecule has 2 atom stereocenters. The number of nitrogens with one attached hydrogen (secondary N) is 1. The number of amides is 2. The van der Waals surface area contributed by atoms with Crippen molar-refractivity contribution < 1.29 is 18.4 Å². The molecule has 150 valence electrons. The molecule has 1 aliphatic carbocycles. The van der Waals surface area contributed by atoms with E-state index in [0.717, 1.165) is 31.7 Å². The van der Waals surface area contributed by atoms with Crippen LogP contribution < -0.4 is 5.32 Å². The molecule has 1 aromatic carbocycles. The molecule has 0 bridgehead atoms. The van der Waals surface area contributed by atoms with Crippen molar-refractivity contribution in [2.75, 3.05) is 14.1 Å². The molecule has 1 N–H and O–H groups in total. The highest BCUT2D eigenvalue weighted by molar-refractivity contribution is 6.30. The number of rotatable bonds is 7. The van der Waals surface area contributed by atoms with Gasteiger partial charge in [0.2, 0.25) is 11.8 Å². The average Bonchev–Trinajstić information content (AvgIpc) is 3.16. The van der Waals surface area contributed by atoms with Crippen LogP contribution in [0.5, 0.6) is 0 Å². The molecule has 2 unspecified atom stereocenters. The Morgan fingerprint density at radius 1 is 1.26 bits per heavy atom. The number of carbonyl (C=O) groups excluding carboxylic acids is 2. The highest BCUT2D eigenvalue weighted by Crippen LogP contribution is 2.39. The van der Waals surface area contributed by atoms with Crippen molar-refractivity contribution in [1.82, 2.24) is 10.2 Å². The third-order valence-corrected chi connectivity index (χ3v) is 5.63. The van der Waals surface area contributed by atoms with Crippen molar-refractivity contribution >= 4 is 23.4 Å². The highest BCUT2D eigenvalue weighted by atomic mass is 35.5. The van der Waals surface area contributed by atoms with Crippen LogP contribution in [0, 0.1) is 23.5 Å². The first-order valence-electron chi connectivity index (χ1n) is 9.40. The van der Waals surface area contributed by atoms with E-state index >= 15 is 0 Å². The fourth-order valence-electron chi connectivity index (χ4n) is 3.63. The first kappa shape index (κ1) is 21.6. The lowest BCUT2D eigenvalue weighted by molar-refractivity contribution is -0.135. The third kappa shape index (κ3) is 5.18. The van der Waals surface area contributed by atoms with Gasteiger partial charge in [-0.05, 0) is 37.3 Å². The second kappa shape index (κ2) is 9.49. The first-order valence-corrected chi connectivity index (χ1v) is 9.77. The number of halogens is 3. The van der Waals surface area contributed by atoms with Crippen molar-refractivity contribution in [3.8, 4) is 0 Å². The fourth-order valence-corrected chi connectivity index (χ4v) is 3.80. The van der Waals surface area contributed by atoms with Crippen LogP contribution in [0.15, 0.2) is 12.1 Å². The van der Waals surface area contributed by atoms with Gasteiger partial charge in [0, 0.05) is 32.0 Å². The molecule has 1 fully saturated rings. The van der Waals surface area contributed by atoms with Crippen molar-refractivity contribution in [3.63, 3.8) is 0 Å². The maximum atomic E-state index is 14.6. The Bertz CT molecular complexity index is 691. The zero-order chi connectivity index (χ0) is 20.1. The summed E-state index contributed by atoms with van der Waals surface area (Å²) in [6, 6.07) is 1.51. The monoisotopic (exact) mass is 400 g/mol. The average molecular weight is 401 g/mol. The first-order chi connectivity index (χ1) is 12.8. The molecule has 1 aliphatic rings. The second-order valence-electron chi connectivity index (χ2n) is 7.39. The van der Waals surface area contributed by atoms with Gasteiger partial charge in [-0.15, -0.1) is 0 Å². The highest BCUT2D eigenvalue weighted by Gasteiger charge is 2.34. The van der Waals surface area contributed by atoms with Gasteiger partial charge in [-0.2, -0.15) is 0 Å². The SMILES string of the molecule is CCC(CC(=O)N(C)C)C(=O)NC(c1c(F)ccc(Cl)c1F)C1CCCC1. The Hall–Kier alpha value is -1.69. The molecular formula is C20H27ClF2N2O2. The molecule has 7 heteroatoms. The molecule has 0 heterocycles. The van der Waals surface area contributed by atoms with Crippen LogP contribution in [-0.2, 0) is 9.59 Å². The molecule has 0 saturated heterocycles. The van der Waals surface area contributed by atoms with E-state index in [-0.39, 0.29) is 34.7 Å². The molecule has 4 nitrogen and oxygen atoms in total. The summed E-state index contributed by atoms with van der Waals surface area (Å²) in [5.74, 6) is -2.66. The minimum atomic E-state index is -0.828. The Morgan fingerprint density at radius 2 is 1.89 bits per heavy atom. The standard InChI is InChI=1S/C20H27ClF2N2O2/c1-4-12(11-16(26)25(2)3)20(27)24-19(13-7-5-6-8-13)17-15(22)10-9-14(21)18(17)23/h9-10,12-13,19H,4-8,11H2,1-3H3,(H,24,27). The van der Waals surface area contributed by atoms with Crippen molar-refractivity contribution in [3.05, 3.63) is 34.4 Å². The van der Waals surface area contributed by atoms with Gasteiger partial charge in [0.15, 0.2) is 0 Å². The van der Waals surface area contributed by atoms with E-state index in [1.807, 2.05) is 6.92 Å².